The predicted octanol–water partition coefficient (Wildman–Crippen LogP) is 8.32. The van der Waals surface area contributed by atoms with Gasteiger partial charge in [-0.25, -0.2) is 4.39 Å². The third-order valence-electron chi connectivity index (χ3n) is 6.58. The number of hydrogen-bond acceptors (Lipinski definition) is 0. The highest BCUT2D eigenvalue weighted by molar-refractivity contribution is 5.71. The average Bonchev–Trinajstić information content (AvgIpc) is 2.72. The van der Waals surface area contributed by atoms with Crippen molar-refractivity contribution in [2.45, 2.75) is 63.2 Å². The van der Waals surface area contributed by atoms with Crippen molar-refractivity contribution in [2.75, 3.05) is 0 Å². The molecule has 0 unspecified atom stereocenters. The van der Waals surface area contributed by atoms with Crippen LogP contribution in [0.15, 0.2) is 42.5 Å². The number of benzene rings is 2. The lowest BCUT2D eigenvalue weighted by atomic mass is 9.77. The molecule has 0 aliphatic heterocycles. The van der Waals surface area contributed by atoms with Gasteiger partial charge in [0, 0.05) is 0 Å². The van der Waals surface area contributed by atoms with Gasteiger partial charge >= 0.3 is 11.8 Å². The fourth-order valence-corrected chi connectivity index (χ4v) is 4.86. The van der Waals surface area contributed by atoms with Crippen LogP contribution in [0.25, 0.3) is 17.2 Å². The highest BCUT2D eigenvalue weighted by atomic mass is 19.3. The third-order valence-corrected chi connectivity index (χ3v) is 6.58. The molecule has 30 heavy (non-hydrogen) atoms. The Bertz CT molecular complexity index is 935. The van der Waals surface area contributed by atoms with E-state index < -0.39 is 23.2 Å². The number of allylic oxidation sites excluding steroid dienone is 1. The molecule has 0 nitrogen and oxygen atoms in total. The van der Waals surface area contributed by atoms with Crippen molar-refractivity contribution in [1.82, 2.24) is 0 Å². The van der Waals surface area contributed by atoms with Gasteiger partial charge < -0.3 is 0 Å². The van der Waals surface area contributed by atoms with Crippen molar-refractivity contribution in [3.63, 3.8) is 0 Å². The number of fused-ring (bicyclic) bond motifs is 1. The Labute approximate surface area is 173 Å². The van der Waals surface area contributed by atoms with Crippen LogP contribution in [-0.4, -0.2) is 5.92 Å². The Morgan fingerprint density at radius 3 is 2.20 bits per heavy atom. The second-order valence-corrected chi connectivity index (χ2v) is 8.58. The molecule has 0 bridgehead atoms. The number of rotatable bonds is 4. The Hall–Kier alpha value is -2.17. The molecule has 2 aromatic carbocycles. The van der Waals surface area contributed by atoms with Gasteiger partial charge in [-0.3, -0.25) is 0 Å². The quantitative estimate of drug-likeness (QED) is 0.436. The smallest absolute Gasteiger partial charge is 0.206 e. The van der Waals surface area contributed by atoms with E-state index in [1.54, 1.807) is 0 Å². The van der Waals surface area contributed by atoms with Crippen LogP contribution in [0, 0.1) is 11.7 Å². The molecule has 0 radical (unpaired) electrons. The molecule has 5 heteroatoms. The van der Waals surface area contributed by atoms with Crippen LogP contribution in [0.1, 0.15) is 68.1 Å². The summed E-state index contributed by atoms with van der Waals surface area (Å²) < 4.78 is 69.7. The summed E-state index contributed by atoms with van der Waals surface area (Å²) in [5.41, 5.74) is 0.862. The van der Waals surface area contributed by atoms with Gasteiger partial charge in [-0.15, -0.1) is 0 Å². The zero-order valence-corrected chi connectivity index (χ0v) is 16.9. The number of hydrogen-bond donors (Lipinski definition) is 0. The summed E-state index contributed by atoms with van der Waals surface area (Å²) in [6.45, 7) is 2.22. The zero-order valence-electron chi connectivity index (χ0n) is 16.9. The highest BCUT2D eigenvalue weighted by Crippen LogP contribution is 2.50. The van der Waals surface area contributed by atoms with Crippen LogP contribution in [0.3, 0.4) is 0 Å². The topological polar surface area (TPSA) is 0 Å². The molecular formula is C25H25F5. The van der Waals surface area contributed by atoms with E-state index in [4.69, 9.17) is 0 Å². The van der Waals surface area contributed by atoms with Crippen LogP contribution >= 0.6 is 0 Å². The summed E-state index contributed by atoms with van der Waals surface area (Å²) in [6.07, 6.45) is 8.33. The van der Waals surface area contributed by atoms with Gasteiger partial charge in [0.2, 0.25) is 0 Å². The summed E-state index contributed by atoms with van der Waals surface area (Å²) in [6, 6.07) is 10.0. The van der Waals surface area contributed by atoms with E-state index >= 15 is 0 Å². The van der Waals surface area contributed by atoms with Gasteiger partial charge in [0.05, 0.1) is 5.56 Å². The van der Waals surface area contributed by atoms with Gasteiger partial charge in [0.1, 0.15) is 5.82 Å². The second-order valence-electron chi connectivity index (χ2n) is 8.58. The maximum absolute atomic E-state index is 14.5. The van der Waals surface area contributed by atoms with E-state index in [1.807, 2.05) is 24.3 Å². The summed E-state index contributed by atoms with van der Waals surface area (Å²) in [5.74, 6) is -8.95. The maximum Gasteiger partial charge on any atom is 0.342 e. The minimum Gasteiger partial charge on any atom is -0.206 e. The lowest BCUT2D eigenvalue weighted by Crippen LogP contribution is -2.39. The van der Waals surface area contributed by atoms with Gasteiger partial charge in [0.15, 0.2) is 0 Å². The summed E-state index contributed by atoms with van der Waals surface area (Å²) >= 11 is 0. The normalized spacial score (nSPS) is 24.5. The van der Waals surface area contributed by atoms with Crippen LogP contribution in [0.2, 0.25) is 0 Å². The average molecular weight is 420 g/mol. The van der Waals surface area contributed by atoms with Gasteiger partial charge in [-0.2, -0.15) is 17.6 Å². The molecule has 0 N–H and O–H groups in total. The van der Waals surface area contributed by atoms with E-state index in [-0.39, 0.29) is 11.6 Å². The highest BCUT2D eigenvalue weighted by Gasteiger charge is 2.59. The van der Waals surface area contributed by atoms with Crippen LogP contribution in [0.4, 0.5) is 22.0 Å². The Kier molecular flexibility index (Phi) is 5.50. The SMILES string of the molecule is CCCC1CCC(c2ccc(-c3cc(F)c4c(c3)C=CC(F)(F)C4(F)F)cc2)CC1. The third kappa shape index (κ3) is 3.67. The molecule has 2 aliphatic carbocycles. The predicted molar refractivity (Wildman–Crippen MR) is 109 cm³/mol. The molecule has 160 valence electrons. The largest absolute Gasteiger partial charge is 0.342 e. The Morgan fingerprint density at radius 2 is 1.57 bits per heavy atom. The number of halogens is 5. The Balaban J connectivity index is 1.57. The van der Waals surface area contributed by atoms with Crippen molar-refractivity contribution in [1.29, 1.82) is 0 Å². The molecule has 1 fully saturated rings. The monoisotopic (exact) mass is 420 g/mol. The molecule has 0 heterocycles. The fraction of sp³-hybridized carbons (Fsp3) is 0.440. The van der Waals surface area contributed by atoms with Crippen LogP contribution < -0.4 is 0 Å². The van der Waals surface area contributed by atoms with E-state index in [0.29, 0.717) is 17.0 Å². The molecule has 0 spiro atoms. The molecule has 0 amide bonds. The molecule has 1 saturated carbocycles. The summed E-state index contributed by atoms with van der Waals surface area (Å²) in [4.78, 5) is 0. The minimum atomic E-state index is -4.57. The molecule has 4 rings (SSSR count). The Morgan fingerprint density at radius 1 is 0.900 bits per heavy atom. The van der Waals surface area contributed by atoms with Crippen molar-refractivity contribution in [3.8, 4) is 11.1 Å². The minimum absolute atomic E-state index is 0.149. The van der Waals surface area contributed by atoms with E-state index in [9.17, 15) is 22.0 Å². The van der Waals surface area contributed by atoms with Crippen LogP contribution in [0.5, 0.6) is 0 Å². The number of alkyl halides is 4. The van der Waals surface area contributed by atoms with Gasteiger partial charge in [-0.05, 0) is 78.0 Å². The van der Waals surface area contributed by atoms with Gasteiger partial charge in [0.25, 0.3) is 0 Å². The first-order valence-electron chi connectivity index (χ1n) is 10.6. The first kappa shape index (κ1) is 21.1. The first-order valence-corrected chi connectivity index (χ1v) is 10.6. The fourth-order valence-electron chi connectivity index (χ4n) is 4.86. The van der Waals surface area contributed by atoms with Gasteiger partial charge in [-0.1, -0.05) is 50.1 Å². The molecule has 2 aliphatic rings. The summed E-state index contributed by atoms with van der Waals surface area (Å²) in [5, 5.41) is 0. The van der Waals surface area contributed by atoms with Crippen molar-refractivity contribution in [2.24, 2.45) is 5.92 Å². The lowest BCUT2D eigenvalue weighted by Gasteiger charge is -2.29. The van der Waals surface area contributed by atoms with E-state index in [2.05, 4.69) is 6.92 Å². The molecular weight excluding hydrogens is 395 g/mol. The zero-order chi connectivity index (χ0) is 21.5. The maximum atomic E-state index is 14.5. The van der Waals surface area contributed by atoms with Crippen molar-refractivity contribution < 1.29 is 22.0 Å². The van der Waals surface area contributed by atoms with Crippen molar-refractivity contribution >= 4 is 6.08 Å². The first-order chi connectivity index (χ1) is 14.2. The van der Waals surface area contributed by atoms with E-state index in [0.717, 1.165) is 30.9 Å². The van der Waals surface area contributed by atoms with E-state index in [1.165, 1.54) is 37.3 Å². The van der Waals surface area contributed by atoms with Crippen molar-refractivity contribution in [3.05, 3.63) is 65.0 Å². The molecule has 0 atom stereocenters. The molecule has 0 aromatic heterocycles. The molecule has 2 aromatic rings. The molecule has 0 saturated heterocycles. The second kappa shape index (κ2) is 7.82. The summed E-state index contributed by atoms with van der Waals surface area (Å²) in [7, 11) is 0. The lowest BCUT2D eigenvalue weighted by molar-refractivity contribution is -0.189. The standard InChI is InChI=1S/C25H25F5/c1-2-3-16-4-6-17(7-5-16)18-8-10-19(11-9-18)21-14-20-12-13-24(27,28)25(29,30)23(20)22(26)15-21/h8-17H,2-7H2,1H3. The van der Waals surface area contributed by atoms with Crippen LogP contribution in [-0.2, 0) is 5.92 Å².